The number of benzene rings is 1. The summed E-state index contributed by atoms with van der Waals surface area (Å²) >= 11 is 0. The third-order valence-corrected chi connectivity index (χ3v) is 4.31. The first kappa shape index (κ1) is 21.0. The van der Waals surface area contributed by atoms with E-state index >= 15 is 0 Å². The number of nitrogens with one attached hydrogen (secondary N) is 2. The molecule has 1 saturated heterocycles. The van der Waals surface area contributed by atoms with Gasteiger partial charge in [0.25, 0.3) is 0 Å². The first-order valence-corrected chi connectivity index (χ1v) is 9.40. The van der Waals surface area contributed by atoms with E-state index in [1.54, 1.807) is 11.0 Å². The lowest BCUT2D eigenvalue weighted by molar-refractivity contribution is 0.0240. The Morgan fingerprint density at radius 3 is 2.67 bits per heavy atom. The van der Waals surface area contributed by atoms with Gasteiger partial charge in [-0.1, -0.05) is 0 Å². The van der Waals surface area contributed by atoms with Crippen LogP contribution in [0.25, 0.3) is 5.57 Å². The molecule has 11 heteroatoms. The van der Waals surface area contributed by atoms with E-state index in [0.717, 1.165) is 5.69 Å². The Labute approximate surface area is 173 Å². The van der Waals surface area contributed by atoms with Gasteiger partial charge in [-0.05, 0) is 44.2 Å². The zero-order chi connectivity index (χ0) is 21.7. The number of tetrazole rings is 1. The summed E-state index contributed by atoms with van der Waals surface area (Å²) in [7, 11) is 0. The smallest absolute Gasteiger partial charge is 0.410 e. The molecule has 1 amide bonds. The zero-order valence-corrected chi connectivity index (χ0v) is 17.0. The number of carbonyl (C=O) groups is 1. The van der Waals surface area contributed by atoms with Gasteiger partial charge in [0, 0.05) is 32.4 Å². The van der Waals surface area contributed by atoms with Crippen LogP contribution in [0.1, 0.15) is 26.6 Å². The molecule has 1 aliphatic heterocycles. The summed E-state index contributed by atoms with van der Waals surface area (Å²) < 4.78 is 19.3. The number of halogens is 1. The SMILES string of the molecule is CC(C)(C)OC(=O)N1CCN(c2ccc(F)cc2NC=C(C#N)c2nn[nH]n2)CC1. The van der Waals surface area contributed by atoms with Crippen LogP contribution in [0, 0.1) is 17.1 Å². The lowest BCUT2D eigenvalue weighted by Crippen LogP contribution is -2.50. The lowest BCUT2D eigenvalue weighted by atomic mass is 10.2. The monoisotopic (exact) mass is 414 g/mol. The Kier molecular flexibility index (Phi) is 6.15. The van der Waals surface area contributed by atoms with Gasteiger partial charge >= 0.3 is 6.09 Å². The number of aromatic amines is 1. The van der Waals surface area contributed by atoms with Crippen molar-refractivity contribution >= 4 is 23.0 Å². The molecule has 0 bridgehead atoms. The van der Waals surface area contributed by atoms with Crippen molar-refractivity contribution in [1.29, 1.82) is 5.26 Å². The normalized spacial score (nSPS) is 15.0. The van der Waals surface area contributed by atoms with Gasteiger partial charge in [0.15, 0.2) is 0 Å². The van der Waals surface area contributed by atoms with Crippen molar-refractivity contribution in [3.63, 3.8) is 0 Å². The fraction of sp³-hybridized carbons (Fsp3) is 0.421. The van der Waals surface area contributed by atoms with Crippen molar-refractivity contribution in [3.8, 4) is 6.07 Å². The zero-order valence-electron chi connectivity index (χ0n) is 17.0. The summed E-state index contributed by atoms with van der Waals surface area (Å²) in [6, 6.07) is 6.35. The van der Waals surface area contributed by atoms with Gasteiger partial charge in [0.2, 0.25) is 5.82 Å². The van der Waals surface area contributed by atoms with Gasteiger partial charge in [-0.2, -0.15) is 10.5 Å². The fourth-order valence-electron chi connectivity index (χ4n) is 2.93. The van der Waals surface area contributed by atoms with Gasteiger partial charge < -0.3 is 19.9 Å². The van der Waals surface area contributed by atoms with E-state index in [4.69, 9.17) is 4.74 Å². The van der Waals surface area contributed by atoms with Crippen LogP contribution in [-0.4, -0.2) is 63.4 Å². The average Bonchev–Trinajstić information content (AvgIpc) is 3.22. The Balaban J connectivity index is 1.72. The van der Waals surface area contributed by atoms with E-state index in [-0.39, 0.29) is 17.5 Å². The summed E-state index contributed by atoms with van der Waals surface area (Å²) in [4.78, 5) is 16.0. The summed E-state index contributed by atoms with van der Waals surface area (Å²) in [6.45, 7) is 7.56. The maximum atomic E-state index is 13.9. The van der Waals surface area contributed by atoms with E-state index in [0.29, 0.717) is 31.9 Å². The Bertz CT molecular complexity index is 954. The van der Waals surface area contributed by atoms with Gasteiger partial charge in [-0.15, -0.1) is 10.2 Å². The number of nitriles is 1. The molecule has 0 spiro atoms. The number of hydrogen-bond donors (Lipinski definition) is 2. The van der Waals surface area contributed by atoms with E-state index in [1.807, 2.05) is 31.7 Å². The molecule has 1 fully saturated rings. The molecule has 2 N–H and O–H groups in total. The molecule has 158 valence electrons. The van der Waals surface area contributed by atoms with Crippen LogP contribution in [0.3, 0.4) is 0 Å². The van der Waals surface area contributed by atoms with Crippen molar-refractivity contribution in [2.45, 2.75) is 26.4 Å². The highest BCUT2D eigenvalue weighted by Crippen LogP contribution is 2.28. The topological polar surface area (TPSA) is 123 Å². The first-order valence-electron chi connectivity index (χ1n) is 9.40. The summed E-state index contributed by atoms with van der Waals surface area (Å²) in [5.41, 5.74) is 0.832. The quantitative estimate of drug-likeness (QED) is 0.731. The second-order valence-corrected chi connectivity index (χ2v) is 7.67. The third-order valence-electron chi connectivity index (χ3n) is 4.31. The molecule has 1 aromatic heterocycles. The number of nitrogens with zero attached hydrogens (tertiary/aromatic N) is 6. The summed E-state index contributed by atoms with van der Waals surface area (Å²) in [5, 5.41) is 25.5. The Morgan fingerprint density at radius 1 is 1.33 bits per heavy atom. The minimum absolute atomic E-state index is 0.133. The number of aromatic nitrogens is 4. The number of anilines is 2. The van der Waals surface area contributed by atoms with Gasteiger partial charge in [0.05, 0.1) is 11.4 Å². The molecule has 2 heterocycles. The van der Waals surface area contributed by atoms with Crippen molar-refractivity contribution in [3.05, 3.63) is 36.0 Å². The second kappa shape index (κ2) is 8.77. The van der Waals surface area contributed by atoms with E-state index in [2.05, 4.69) is 25.9 Å². The number of amides is 1. The van der Waals surface area contributed by atoms with Crippen molar-refractivity contribution < 1.29 is 13.9 Å². The summed E-state index contributed by atoms with van der Waals surface area (Å²) in [5.74, 6) is -0.283. The van der Waals surface area contributed by atoms with Crippen LogP contribution < -0.4 is 10.2 Å². The number of piperazine rings is 1. The molecule has 0 atom stereocenters. The van der Waals surface area contributed by atoms with Crippen LogP contribution in [0.15, 0.2) is 24.4 Å². The predicted molar refractivity (Wildman–Crippen MR) is 108 cm³/mol. The standard InChI is InChI=1S/C19H23FN8O2/c1-19(2,3)30-18(29)28-8-6-27(7-9-28)16-5-4-14(20)10-15(16)22-12-13(11-21)17-23-25-26-24-17/h4-5,10,12,22H,6-9H2,1-3H3,(H,23,24,25,26). The maximum Gasteiger partial charge on any atom is 0.410 e. The van der Waals surface area contributed by atoms with E-state index in [9.17, 15) is 14.4 Å². The number of carbonyl (C=O) groups excluding carboxylic acids is 1. The third kappa shape index (κ3) is 5.22. The number of rotatable bonds is 4. The van der Waals surface area contributed by atoms with Gasteiger partial charge in [-0.3, -0.25) is 0 Å². The van der Waals surface area contributed by atoms with Crippen molar-refractivity contribution in [1.82, 2.24) is 25.5 Å². The number of hydrogen-bond acceptors (Lipinski definition) is 8. The van der Waals surface area contributed by atoms with Crippen LogP contribution in [0.4, 0.5) is 20.6 Å². The molecular formula is C19H23FN8O2. The highest BCUT2D eigenvalue weighted by Gasteiger charge is 2.26. The highest BCUT2D eigenvalue weighted by atomic mass is 19.1. The molecule has 1 aliphatic rings. The fourth-order valence-corrected chi connectivity index (χ4v) is 2.93. The van der Waals surface area contributed by atoms with Crippen LogP contribution in [0.5, 0.6) is 0 Å². The number of ether oxygens (including phenoxy) is 1. The minimum Gasteiger partial charge on any atom is -0.444 e. The number of H-pyrrole nitrogens is 1. The molecule has 3 rings (SSSR count). The van der Waals surface area contributed by atoms with E-state index in [1.165, 1.54) is 18.3 Å². The molecule has 10 nitrogen and oxygen atoms in total. The minimum atomic E-state index is -0.550. The molecule has 30 heavy (non-hydrogen) atoms. The van der Waals surface area contributed by atoms with Crippen LogP contribution >= 0.6 is 0 Å². The lowest BCUT2D eigenvalue weighted by Gasteiger charge is -2.37. The molecular weight excluding hydrogens is 391 g/mol. The molecule has 1 aromatic carbocycles. The second-order valence-electron chi connectivity index (χ2n) is 7.67. The van der Waals surface area contributed by atoms with Crippen molar-refractivity contribution in [2.75, 3.05) is 36.4 Å². The number of allylic oxidation sites excluding steroid dienone is 1. The van der Waals surface area contributed by atoms with Crippen LogP contribution in [0.2, 0.25) is 0 Å². The highest BCUT2D eigenvalue weighted by molar-refractivity contribution is 5.78. The van der Waals surface area contributed by atoms with Gasteiger partial charge in [-0.25, -0.2) is 9.18 Å². The molecule has 0 radical (unpaired) electrons. The van der Waals surface area contributed by atoms with Gasteiger partial charge in [0.1, 0.15) is 23.1 Å². The first-order chi connectivity index (χ1) is 14.3. The Morgan fingerprint density at radius 2 is 2.07 bits per heavy atom. The molecule has 2 aromatic rings. The molecule has 0 aliphatic carbocycles. The predicted octanol–water partition coefficient (Wildman–Crippen LogP) is 2.37. The average molecular weight is 414 g/mol. The molecule has 0 unspecified atom stereocenters. The molecule has 0 saturated carbocycles. The largest absolute Gasteiger partial charge is 0.444 e. The Hall–Kier alpha value is -3.68. The van der Waals surface area contributed by atoms with Crippen molar-refractivity contribution in [2.24, 2.45) is 0 Å². The summed E-state index contributed by atoms with van der Waals surface area (Å²) in [6.07, 6.45) is 1.06. The maximum absolute atomic E-state index is 13.9. The van der Waals surface area contributed by atoms with Crippen LogP contribution in [-0.2, 0) is 4.74 Å². The van der Waals surface area contributed by atoms with E-state index < -0.39 is 11.4 Å².